The maximum absolute atomic E-state index is 9.36. The highest BCUT2D eigenvalue weighted by molar-refractivity contribution is 6.10. The molecule has 1 atom stereocenters. The summed E-state index contributed by atoms with van der Waals surface area (Å²) >= 11 is 0. The van der Waals surface area contributed by atoms with Crippen molar-refractivity contribution in [3.05, 3.63) is 186 Å². The zero-order valence-electron chi connectivity index (χ0n) is 29.1. The van der Waals surface area contributed by atoms with E-state index >= 15 is 0 Å². The average molecular weight is 682 g/mol. The highest BCUT2D eigenvalue weighted by atomic mass is 16.3. The predicted molar refractivity (Wildman–Crippen MR) is 218 cm³/mol. The number of aromatic nitrogens is 1. The lowest BCUT2D eigenvalue weighted by atomic mass is 9.92. The van der Waals surface area contributed by atoms with Gasteiger partial charge in [-0.25, -0.2) is 0 Å². The van der Waals surface area contributed by atoms with E-state index in [-0.39, 0.29) is 0 Å². The maximum Gasteiger partial charge on any atom is 0.159 e. The van der Waals surface area contributed by atoms with Crippen LogP contribution < -0.4 is 4.90 Å². The molecule has 4 nitrogen and oxygen atoms in total. The normalized spacial score (nSPS) is 14.9. The summed E-state index contributed by atoms with van der Waals surface area (Å²) in [5.41, 5.74) is 13.0. The molecule has 0 bridgehead atoms. The quantitative estimate of drug-likeness (QED) is 0.175. The van der Waals surface area contributed by atoms with Crippen LogP contribution in [0.1, 0.15) is 41.2 Å². The number of hydrogen-bond donors (Lipinski definition) is 0. The van der Waals surface area contributed by atoms with Crippen molar-refractivity contribution in [1.29, 1.82) is 5.26 Å². The summed E-state index contributed by atoms with van der Waals surface area (Å²) < 4.78 is 8.90. The van der Waals surface area contributed by atoms with Crippen LogP contribution >= 0.6 is 0 Å². The average Bonchev–Trinajstić information content (AvgIpc) is 3.78. The number of fused-ring (bicyclic) bond motifs is 6. The molecule has 8 aromatic rings. The van der Waals surface area contributed by atoms with Gasteiger partial charge < -0.3 is 13.9 Å². The molecule has 252 valence electrons. The summed E-state index contributed by atoms with van der Waals surface area (Å²) in [6, 6.07) is 49.8. The van der Waals surface area contributed by atoms with Gasteiger partial charge in [0.15, 0.2) is 5.58 Å². The molecule has 10 rings (SSSR count). The van der Waals surface area contributed by atoms with Crippen LogP contribution in [0.4, 0.5) is 17.1 Å². The van der Waals surface area contributed by atoms with Crippen molar-refractivity contribution >= 4 is 55.9 Å². The van der Waals surface area contributed by atoms with Crippen LogP contribution in [0.15, 0.2) is 168 Å². The van der Waals surface area contributed by atoms with Gasteiger partial charge in [0.2, 0.25) is 0 Å². The topological polar surface area (TPSA) is 45.1 Å². The first-order valence-corrected chi connectivity index (χ1v) is 18.3. The van der Waals surface area contributed by atoms with Gasteiger partial charge in [-0.3, -0.25) is 0 Å². The number of furan rings is 1. The minimum absolute atomic E-state index is 0.393. The van der Waals surface area contributed by atoms with Gasteiger partial charge in [-0.05, 0) is 115 Å². The van der Waals surface area contributed by atoms with E-state index in [1.165, 1.54) is 27.3 Å². The Kier molecular flexibility index (Phi) is 7.44. The molecular formula is C49H35N3O. The van der Waals surface area contributed by atoms with Crippen LogP contribution in [0, 0.1) is 11.3 Å². The molecule has 0 radical (unpaired) electrons. The summed E-state index contributed by atoms with van der Waals surface area (Å²) in [4.78, 5) is 2.33. The number of para-hydroxylation sites is 2. The smallest absolute Gasteiger partial charge is 0.159 e. The highest BCUT2D eigenvalue weighted by Crippen LogP contribution is 2.44. The van der Waals surface area contributed by atoms with Crippen LogP contribution in [-0.2, 0) is 6.42 Å². The Morgan fingerprint density at radius 3 is 2.23 bits per heavy atom. The fourth-order valence-corrected chi connectivity index (χ4v) is 8.20. The molecule has 0 amide bonds. The Morgan fingerprint density at radius 2 is 1.43 bits per heavy atom. The van der Waals surface area contributed by atoms with Crippen molar-refractivity contribution in [2.45, 2.75) is 25.2 Å². The minimum atomic E-state index is 0.393. The molecule has 2 aliphatic carbocycles. The minimum Gasteiger partial charge on any atom is -0.454 e. The van der Waals surface area contributed by atoms with Crippen LogP contribution in [-0.4, -0.2) is 4.57 Å². The van der Waals surface area contributed by atoms with E-state index in [1.54, 1.807) is 0 Å². The third kappa shape index (κ3) is 5.29. The molecule has 1 unspecified atom stereocenters. The first kappa shape index (κ1) is 30.9. The van der Waals surface area contributed by atoms with Gasteiger partial charge in [-0.15, -0.1) is 0 Å². The Morgan fingerprint density at radius 1 is 0.679 bits per heavy atom. The van der Waals surface area contributed by atoms with Crippen molar-refractivity contribution in [2.24, 2.45) is 0 Å². The van der Waals surface area contributed by atoms with E-state index in [1.807, 2.05) is 24.3 Å². The third-order valence-electron chi connectivity index (χ3n) is 10.8. The van der Waals surface area contributed by atoms with Crippen molar-refractivity contribution < 1.29 is 4.42 Å². The van der Waals surface area contributed by atoms with E-state index in [0.717, 1.165) is 75.5 Å². The molecule has 0 saturated heterocycles. The number of rotatable bonds is 6. The van der Waals surface area contributed by atoms with Crippen molar-refractivity contribution in [3.63, 3.8) is 0 Å². The van der Waals surface area contributed by atoms with Gasteiger partial charge in [0.05, 0.1) is 28.4 Å². The number of benzene rings is 6. The number of hydrogen-bond acceptors (Lipinski definition) is 3. The second kappa shape index (κ2) is 12.7. The highest BCUT2D eigenvalue weighted by Gasteiger charge is 2.22. The molecule has 53 heavy (non-hydrogen) atoms. The number of nitrogens with zero attached hydrogens (tertiary/aromatic N) is 3. The van der Waals surface area contributed by atoms with E-state index < -0.39 is 0 Å². The molecule has 6 aromatic carbocycles. The Hall–Kier alpha value is -6.83. The lowest BCUT2D eigenvalue weighted by molar-refractivity contribution is 0.596. The summed E-state index contributed by atoms with van der Waals surface area (Å²) in [7, 11) is 0. The van der Waals surface area contributed by atoms with Gasteiger partial charge in [0.25, 0.3) is 0 Å². The molecule has 0 spiro atoms. The molecule has 0 N–H and O–H groups in total. The second-order valence-electron chi connectivity index (χ2n) is 13.9. The number of allylic oxidation sites excluding steroid dienone is 5. The van der Waals surface area contributed by atoms with Crippen molar-refractivity contribution in [3.8, 4) is 22.9 Å². The fourth-order valence-electron chi connectivity index (χ4n) is 8.20. The van der Waals surface area contributed by atoms with Crippen LogP contribution in [0.3, 0.4) is 0 Å². The molecule has 0 saturated carbocycles. The molecular weight excluding hydrogens is 647 g/mol. The number of aryl methyl sites for hydroxylation is 1. The SMILES string of the molecule is N#Cc1ccc(-n2c3ccccc3c3cc(-c4ccc(N(c5ccc(C6C=CC=CC6)cc5)c5cccc6c7c(oc56)C=CCC7)cc4)ccc32)cc1. The van der Waals surface area contributed by atoms with Gasteiger partial charge >= 0.3 is 0 Å². The second-order valence-corrected chi connectivity index (χ2v) is 13.9. The summed E-state index contributed by atoms with van der Waals surface area (Å²) in [5.74, 6) is 1.36. The largest absolute Gasteiger partial charge is 0.454 e. The lowest BCUT2D eigenvalue weighted by Gasteiger charge is -2.26. The zero-order valence-corrected chi connectivity index (χ0v) is 29.1. The number of nitriles is 1. The Labute approximate surface area is 308 Å². The standard InChI is InChI=1S/C49H35N3O/c50-32-33-17-24-40(25-18-33)52-45-14-6-4-11-41(45)44-31-37(23-30-46(44)52)36-21-28-39(29-22-36)51(38-26-19-35(20-27-38)34-9-2-1-3-10-34)47-15-8-13-43-42-12-5-7-16-48(42)53-49(43)47/h1-4,6-9,11,13-31,34H,5,10,12H2. The maximum atomic E-state index is 9.36. The van der Waals surface area contributed by atoms with E-state index in [9.17, 15) is 5.26 Å². The molecule has 2 aliphatic rings. The van der Waals surface area contributed by atoms with Crippen LogP contribution in [0.25, 0.3) is 55.7 Å². The first-order chi connectivity index (χ1) is 26.2. The van der Waals surface area contributed by atoms with E-state index in [0.29, 0.717) is 11.5 Å². The van der Waals surface area contributed by atoms with Crippen LogP contribution in [0.2, 0.25) is 0 Å². The lowest BCUT2D eigenvalue weighted by Crippen LogP contribution is -2.10. The number of anilines is 3. The fraction of sp³-hybridized carbons (Fsp3) is 0.0816. The monoisotopic (exact) mass is 681 g/mol. The summed E-state index contributed by atoms with van der Waals surface area (Å²) in [5, 5.41) is 12.9. The molecule has 4 heteroatoms. The molecule has 0 fully saturated rings. The first-order valence-electron chi connectivity index (χ1n) is 18.3. The molecule has 2 heterocycles. The zero-order chi connectivity index (χ0) is 35.3. The van der Waals surface area contributed by atoms with E-state index in [4.69, 9.17) is 4.42 Å². The van der Waals surface area contributed by atoms with Gasteiger partial charge in [-0.1, -0.05) is 91.0 Å². The van der Waals surface area contributed by atoms with Gasteiger partial charge in [0, 0.05) is 44.7 Å². The van der Waals surface area contributed by atoms with Gasteiger partial charge in [-0.2, -0.15) is 5.26 Å². The van der Waals surface area contributed by atoms with Crippen molar-refractivity contribution in [2.75, 3.05) is 4.90 Å². The van der Waals surface area contributed by atoms with E-state index in [2.05, 4.69) is 161 Å². The Bertz CT molecular complexity index is 2800. The summed E-state index contributed by atoms with van der Waals surface area (Å²) in [6.07, 6.45) is 16.2. The molecule has 2 aromatic heterocycles. The molecule has 0 aliphatic heterocycles. The predicted octanol–water partition coefficient (Wildman–Crippen LogP) is 13.1. The Balaban J connectivity index is 1.07. The third-order valence-corrected chi connectivity index (χ3v) is 10.8. The van der Waals surface area contributed by atoms with Gasteiger partial charge in [0.1, 0.15) is 5.76 Å². The van der Waals surface area contributed by atoms with Crippen LogP contribution in [0.5, 0.6) is 0 Å². The summed E-state index contributed by atoms with van der Waals surface area (Å²) in [6.45, 7) is 0. The van der Waals surface area contributed by atoms with Crippen molar-refractivity contribution in [1.82, 2.24) is 4.57 Å².